The first kappa shape index (κ1) is 10.3. The molecule has 1 aromatic heterocycles. The van der Waals surface area contributed by atoms with Crippen molar-refractivity contribution in [2.45, 2.75) is 25.7 Å². The summed E-state index contributed by atoms with van der Waals surface area (Å²) in [5.74, 6) is -0.0362. The van der Waals surface area contributed by atoms with E-state index in [4.69, 9.17) is 4.74 Å². The van der Waals surface area contributed by atoms with Crippen molar-refractivity contribution in [3.05, 3.63) is 29.1 Å². The Hall–Kier alpha value is -1.22. The molecule has 0 saturated carbocycles. The lowest BCUT2D eigenvalue weighted by atomic mass is 9.95. The van der Waals surface area contributed by atoms with Crippen LogP contribution in [-0.2, 0) is 17.6 Å². The van der Waals surface area contributed by atoms with Crippen molar-refractivity contribution in [2.24, 2.45) is 0 Å². The lowest BCUT2D eigenvalue weighted by Crippen LogP contribution is -2.13. The predicted molar refractivity (Wildman–Crippen MR) is 57.1 cm³/mol. The standard InChI is InChI=1S/C12H15NO2/c1-15-8-12(14)11-7-6-9-4-2-3-5-10(9)13-11/h6-7H,2-5,8H2,1H3. The lowest BCUT2D eigenvalue weighted by molar-refractivity contribution is 0.0842. The third kappa shape index (κ3) is 2.23. The van der Waals surface area contributed by atoms with Crippen molar-refractivity contribution in [2.75, 3.05) is 13.7 Å². The Morgan fingerprint density at radius 3 is 3.00 bits per heavy atom. The number of Topliss-reactive ketones (excluding diaryl/α,β-unsaturated/α-hetero) is 1. The van der Waals surface area contributed by atoms with Gasteiger partial charge < -0.3 is 4.74 Å². The van der Waals surface area contributed by atoms with Crippen LogP contribution in [0.25, 0.3) is 0 Å². The number of ether oxygens (including phenoxy) is 1. The number of nitrogens with zero attached hydrogens (tertiary/aromatic N) is 1. The number of methoxy groups -OCH3 is 1. The fraction of sp³-hybridized carbons (Fsp3) is 0.500. The van der Waals surface area contributed by atoms with Crippen molar-refractivity contribution in [3.63, 3.8) is 0 Å². The minimum absolute atomic E-state index is 0.0362. The van der Waals surface area contributed by atoms with Gasteiger partial charge in [-0.05, 0) is 37.3 Å². The summed E-state index contributed by atoms with van der Waals surface area (Å²) in [6, 6.07) is 3.84. The van der Waals surface area contributed by atoms with Gasteiger partial charge in [0.05, 0.1) is 0 Å². The Morgan fingerprint density at radius 1 is 1.40 bits per heavy atom. The molecule has 1 aliphatic carbocycles. The van der Waals surface area contributed by atoms with Gasteiger partial charge in [0, 0.05) is 12.8 Å². The second-order valence-electron chi connectivity index (χ2n) is 3.87. The number of ketones is 1. The zero-order valence-corrected chi connectivity index (χ0v) is 8.95. The summed E-state index contributed by atoms with van der Waals surface area (Å²) in [6.07, 6.45) is 4.52. The van der Waals surface area contributed by atoms with Crippen molar-refractivity contribution in [3.8, 4) is 0 Å². The molecule has 0 saturated heterocycles. The number of aromatic nitrogens is 1. The van der Waals surface area contributed by atoms with Gasteiger partial charge in [-0.3, -0.25) is 4.79 Å². The first-order chi connectivity index (χ1) is 7.31. The van der Waals surface area contributed by atoms with Gasteiger partial charge in [0.2, 0.25) is 5.78 Å². The largest absolute Gasteiger partial charge is 0.376 e. The number of rotatable bonds is 3. The van der Waals surface area contributed by atoms with E-state index >= 15 is 0 Å². The molecule has 1 aromatic rings. The molecule has 0 radical (unpaired) electrons. The van der Waals surface area contributed by atoms with E-state index in [1.807, 2.05) is 12.1 Å². The van der Waals surface area contributed by atoms with Gasteiger partial charge >= 0.3 is 0 Å². The molecule has 1 heterocycles. The Morgan fingerprint density at radius 2 is 2.20 bits per heavy atom. The second kappa shape index (κ2) is 4.53. The average molecular weight is 205 g/mol. The van der Waals surface area contributed by atoms with Gasteiger partial charge in [0.25, 0.3) is 0 Å². The molecule has 0 aromatic carbocycles. The van der Waals surface area contributed by atoms with Crippen LogP contribution in [0.4, 0.5) is 0 Å². The SMILES string of the molecule is COCC(=O)c1ccc2c(n1)CCCC2. The monoisotopic (exact) mass is 205 g/mol. The summed E-state index contributed by atoms with van der Waals surface area (Å²) in [4.78, 5) is 15.9. The van der Waals surface area contributed by atoms with Gasteiger partial charge in [0.15, 0.2) is 0 Å². The van der Waals surface area contributed by atoms with Crippen LogP contribution in [0.1, 0.15) is 34.6 Å². The molecule has 3 nitrogen and oxygen atoms in total. The Balaban J connectivity index is 2.24. The normalized spacial score (nSPS) is 14.7. The molecule has 15 heavy (non-hydrogen) atoms. The molecular weight excluding hydrogens is 190 g/mol. The van der Waals surface area contributed by atoms with Crippen LogP contribution in [0, 0.1) is 0 Å². The van der Waals surface area contributed by atoms with Crippen LogP contribution in [0.5, 0.6) is 0 Å². The average Bonchev–Trinajstić information content (AvgIpc) is 2.29. The first-order valence-corrected chi connectivity index (χ1v) is 5.32. The first-order valence-electron chi connectivity index (χ1n) is 5.32. The van der Waals surface area contributed by atoms with Crippen molar-refractivity contribution < 1.29 is 9.53 Å². The zero-order valence-electron chi connectivity index (χ0n) is 8.95. The van der Waals surface area contributed by atoms with Crippen LogP contribution < -0.4 is 0 Å². The molecular formula is C12H15NO2. The molecule has 0 N–H and O–H groups in total. The topological polar surface area (TPSA) is 39.2 Å². The molecule has 0 aliphatic heterocycles. The fourth-order valence-corrected chi connectivity index (χ4v) is 1.94. The van der Waals surface area contributed by atoms with E-state index in [1.165, 1.54) is 25.5 Å². The van der Waals surface area contributed by atoms with Crippen LogP contribution in [0.15, 0.2) is 12.1 Å². The molecule has 1 aliphatic rings. The molecule has 0 bridgehead atoms. The number of pyridine rings is 1. The summed E-state index contributed by atoms with van der Waals surface area (Å²) in [7, 11) is 1.52. The minimum atomic E-state index is -0.0362. The molecule has 2 rings (SSSR count). The van der Waals surface area contributed by atoms with Gasteiger partial charge in [-0.1, -0.05) is 6.07 Å². The van der Waals surface area contributed by atoms with Gasteiger partial charge in [-0.15, -0.1) is 0 Å². The summed E-state index contributed by atoms with van der Waals surface area (Å²) in [5.41, 5.74) is 2.94. The minimum Gasteiger partial charge on any atom is -0.376 e. The third-order valence-corrected chi connectivity index (χ3v) is 2.74. The van der Waals surface area contributed by atoms with Crippen LogP contribution in [-0.4, -0.2) is 24.5 Å². The third-order valence-electron chi connectivity index (χ3n) is 2.74. The zero-order chi connectivity index (χ0) is 10.7. The maximum Gasteiger partial charge on any atom is 0.206 e. The number of hydrogen-bond donors (Lipinski definition) is 0. The number of fused-ring (bicyclic) bond motifs is 1. The molecule has 0 fully saturated rings. The van der Waals surface area contributed by atoms with E-state index in [9.17, 15) is 4.79 Å². The Bertz CT molecular complexity index is 374. The van der Waals surface area contributed by atoms with E-state index in [1.54, 1.807) is 0 Å². The molecule has 80 valence electrons. The Kier molecular flexibility index (Phi) is 3.11. The van der Waals surface area contributed by atoms with Crippen LogP contribution in [0.3, 0.4) is 0 Å². The lowest BCUT2D eigenvalue weighted by Gasteiger charge is -2.14. The molecule has 0 amide bonds. The highest BCUT2D eigenvalue weighted by Crippen LogP contribution is 2.19. The summed E-state index contributed by atoms with van der Waals surface area (Å²) < 4.78 is 4.81. The predicted octanol–water partition coefficient (Wildman–Crippen LogP) is 1.79. The van der Waals surface area contributed by atoms with Crippen LogP contribution in [0.2, 0.25) is 0 Å². The van der Waals surface area contributed by atoms with Crippen molar-refractivity contribution in [1.82, 2.24) is 4.98 Å². The molecule has 0 spiro atoms. The summed E-state index contributed by atoms with van der Waals surface area (Å²) in [6.45, 7) is 0.117. The van der Waals surface area contributed by atoms with Gasteiger partial charge in [-0.2, -0.15) is 0 Å². The van der Waals surface area contributed by atoms with Crippen molar-refractivity contribution >= 4 is 5.78 Å². The van der Waals surface area contributed by atoms with E-state index in [-0.39, 0.29) is 12.4 Å². The maximum atomic E-state index is 11.5. The number of hydrogen-bond acceptors (Lipinski definition) is 3. The Labute approximate surface area is 89.5 Å². The summed E-state index contributed by atoms with van der Waals surface area (Å²) in [5, 5.41) is 0. The molecule has 3 heteroatoms. The summed E-state index contributed by atoms with van der Waals surface area (Å²) >= 11 is 0. The highest BCUT2D eigenvalue weighted by atomic mass is 16.5. The maximum absolute atomic E-state index is 11.5. The van der Waals surface area contributed by atoms with E-state index in [0.717, 1.165) is 18.5 Å². The van der Waals surface area contributed by atoms with E-state index < -0.39 is 0 Å². The highest BCUT2D eigenvalue weighted by molar-refractivity contribution is 5.95. The number of aryl methyl sites for hydroxylation is 2. The van der Waals surface area contributed by atoms with E-state index in [2.05, 4.69) is 4.98 Å². The van der Waals surface area contributed by atoms with Gasteiger partial charge in [-0.25, -0.2) is 4.98 Å². The van der Waals surface area contributed by atoms with Crippen LogP contribution >= 0.6 is 0 Å². The smallest absolute Gasteiger partial charge is 0.206 e. The van der Waals surface area contributed by atoms with E-state index in [0.29, 0.717) is 5.69 Å². The van der Waals surface area contributed by atoms with Gasteiger partial charge in [0.1, 0.15) is 12.3 Å². The second-order valence-corrected chi connectivity index (χ2v) is 3.87. The number of carbonyl (C=O) groups is 1. The molecule has 0 atom stereocenters. The van der Waals surface area contributed by atoms with Crippen molar-refractivity contribution in [1.29, 1.82) is 0 Å². The molecule has 0 unspecified atom stereocenters. The highest BCUT2D eigenvalue weighted by Gasteiger charge is 2.13. The quantitative estimate of drug-likeness (QED) is 0.706. The number of carbonyl (C=O) groups excluding carboxylic acids is 1. The fourth-order valence-electron chi connectivity index (χ4n) is 1.94.